The number of nitrogens with two attached hydrogens (primary N) is 3. The quantitative estimate of drug-likeness (QED) is 0.0570. The number of aliphatic hydroxyl groups excluding tert-OH is 2. The second kappa shape index (κ2) is 16.0. The number of imidazole rings is 2. The summed E-state index contributed by atoms with van der Waals surface area (Å²) < 4.78 is 69.6. The van der Waals surface area contributed by atoms with E-state index in [1.807, 2.05) is 0 Å². The van der Waals surface area contributed by atoms with Gasteiger partial charge in [0, 0.05) is 25.5 Å². The van der Waals surface area contributed by atoms with Crippen molar-refractivity contribution < 1.29 is 61.4 Å². The minimum atomic E-state index is -5.04. The van der Waals surface area contributed by atoms with E-state index in [1.165, 1.54) is 40.4 Å². The summed E-state index contributed by atoms with van der Waals surface area (Å²) in [7, 11) is -10.1. The molecule has 30 heteroatoms. The highest BCUT2D eigenvalue weighted by Gasteiger charge is 2.46. The smallest absolute Gasteiger partial charge is 0.394 e. The molecule has 0 aromatic carbocycles. The predicted molar refractivity (Wildman–Crippen MR) is 195 cm³/mol. The van der Waals surface area contributed by atoms with E-state index in [0.717, 1.165) is 4.57 Å². The maximum absolute atomic E-state index is 13.4. The van der Waals surface area contributed by atoms with Gasteiger partial charge in [0.05, 0.1) is 38.6 Å². The van der Waals surface area contributed by atoms with Crippen LogP contribution in [0.25, 0.3) is 22.3 Å². The van der Waals surface area contributed by atoms with E-state index in [0.29, 0.717) is 11.2 Å². The zero-order chi connectivity index (χ0) is 41.8. The highest BCUT2D eigenvalue weighted by Crippen LogP contribution is 2.52. The minimum Gasteiger partial charge on any atom is -0.394 e. The summed E-state index contributed by atoms with van der Waals surface area (Å²) in [6.45, 7) is -2.08. The van der Waals surface area contributed by atoms with Gasteiger partial charge >= 0.3 is 21.3 Å². The van der Waals surface area contributed by atoms with Crippen molar-refractivity contribution in [2.24, 2.45) is 0 Å². The number of aromatic nitrogens is 10. The van der Waals surface area contributed by atoms with Crippen molar-refractivity contribution in [3.05, 3.63) is 52.1 Å². The molecule has 0 aliphatic carbocycles. The maximum atomic E-state index is 13.4. The summed E-state index contributed by atoms with van der Waals surface area (Å²) in [5.41, 5.74) is 16.3. The van der Waals surface area contributed by atoms with Gasteiger partial charge in [-0.25, -0.2) is 33.9 Å². The van der Waals surface area contributed by atoms with Gasteiger partial charge in [-0.3, -0.25) is 41.6 Å². The van der Waals surface area contributed by atoms with Crippen molar-refractivity contribution in [2.75, 3.05) is 37.0 Å². The van der Waals surface area contributed by atoms with Gasteiger partial charge < -0.3 is 51.4 Å². The van der Waals surface area contributed by atoms with Crippen LogP contribution in [0.4, 0.5) is 17.6 Å². The Morgan fingerprint density at radius 1 is 0.780 bits per heavy atom. The number of phosphoric ester groups is 2. The van der Waals surface area contributed by atoms with Crippen LogP contribution in [0.2, 0.25) is 0 Å². The van der Waals surface area contributed by atoms with Crippen molar-refractivity contribution in [1.82, 2.24) is 48.6 Å². The van der Waals surface area contributed by atoms with E-state index in [2.05, 4.69) is 34.9 Å². The molecule has 3 aliphatic heterocycles. The number of anilines is 3. The Bertz CT molecular complexity index is 2570. The molecule has 3 aliphatic rings. The number of fused-ring (bicyclic) bond motifs is 2. The van der Waals surface area contributed by atoms with Gasteiger partial charge in [-0.15, -0.1) is 0 Å². The van der Waals surface area contributed by atoms with E-state index < -0.39 is 102 Å². The van der Waals surface area contributed by atoms with Crippen molar-refractivity contribution in [2.45, 2.75) is 74.6 Å². The molecule has 0 bridgehead atoms. The highest BCUT2D eigenvalue weighted by atomic mass is 31.2. The van der Waals surface area contributed by atoms with Gasteiger partial charge in [-0.1, -0.05) is 0 Å². The summed E-state index contributed by atoms with van der Waals surface area (Å²) in [4.78, 5) is 72.8. The number of hydrogen-bond donors (Lipinski definition) is 8. The molecule has 5 aromatic heterocycles. The first-order chi connectivity index (χ1) is 28.1. The molecular weight excluding hydrogens is 832 g/mol. The van der Waals surface area contributed by atoms with Crippen LogP contribution < -0.4 is 28.5 Å². The SMILES string of the molecule is Nc1ccn([C@H]2C[C@H](OP(=O)(O)OC[C@H]3O[C@@H](n4cnc5c(=O)[nH]c(N)nc54)C[C@@H]3OP(=O)(O)OC[C@H]3O[C@@H](n4cnc5c(N)ncnc54)C[C@@H]3O)[C@@H](CO)O2)c(=O)n1. The molecule has 0 amide bonds. The number of H-pyrrole nitrogens is 1. The lowest BCUT2D eigenvalue weighted by Gasteiger charge is -2.24. The third kappa shape index (κ3) is 8.49. The Hall–Kier alpha value is -4.80. The van der Waals surface area contributed by atoms with Crippen LogP contribution in [-0.2, 0) is 41.4 Å². The lowest BCUT2D eigenvalue weighted by atomic mass is 10.2. The van der Waals surface area contributed by atoms with E-state index in [-0.39, 0.29) is 48.0 Å². The average molecular weight is 870 g/mol. The van der Waals surface area contributed by atoms with Gasteiger partial charge in [0.15, 0.2) is 22.6 Å². The molecule has 2 unspecified atom stereocenters. The average Bonchev–Trinajstić information content (AvgIpc) is 4.00. The van der Waals surface area contributed by atoms with E-state index in [9.17, 15) is 38.7 Å². The molecule has 3 saturated heterocycles. The standard InChI is InChI=1S/C29H37N13O15P2/c30-18-1-2-40(29(46)37-18)20-4-13(15(6-43)53-20)56-59(49,50)52-8-17-14(5-21(55-17)42-11-36-23-26(42)38-28(32)39-27(23)45)57-58(47,48)51-7-16-12(44)3-19(54-16)41-10-35-22-24(31)33-9-34-25(22)41/h1-2,9-17,19-21,43-44H,3-8H2,(H,47,48)(H,49,50)(H2,30,37,46)(H2,31,33,34)(H3,32,38,39,45)/t12-,13-,14-,15+,16+,17+,19+,20+,21+/m0/s1. The van der Waals surface area contributed by atoms with Crippen LogP contribution in [-0.4, -0.2) is 125 Å². The van der Waals surface area contributed by atoms with Gasteiger partial charge in [0.1, 0.15) is 66.9 Å². The zero-order valence-electron chi connectivity index (χ0n) is 30.3. The fourth-order valence-corrected chi connectivity index (χ4v) is 8.85. The van der Waals surface area contributed by atoms with E-state index in [1.54, 1.807) is 0 Å². The van der Waals surface area contributed by atoms with Crippen LogP contribution in [0.5, 0.6) is 0 Å². The summed E-state index contributed by atoms with van der Waals surface area (Å²) in [6, 6.07) is 1.34. The topological polar surface area (TPSA) is 400 Å². The van der Waals surface area contributed by atoms with Gasteiger partial charge in [0.25, 0.3) is 5.56 Å². The van der Waals surface area contributed by atoms with Crippen molar-refractivity contribution >= 4 is 55.6 Å². The second-order valence-corrected chi connectivity index (χ2v) is 16.4. The van der Waals surface area contributed by atoms with Gasteiger partial charge in [0.2, 0.25) is 5.95 Å². The van der Waals surface area contributed by atoms with Crippen molar-refractivity contribution in [3.8, 4) is 0 Å². The fraction of sp³-hybridized carbons (Fsp3) is 0.517. The fourth-order valence-electron chi connectivity index (χ4n) is 6.93. The van der Waals surface area contributed by atoms with Crippen LogP contribution >= 0.6 is 15.6 Å². The molecule has 318 valence electrons. The molecule has 59 heavy (non-hydrogen) atoms. The predicted octanol–water partition coefficient (Wildman–Crippen LogP) is -1.82. The molecule has 0 spiro atoms. The molecule has 5 aromatic rings. The van der Waals surface area contributed by atoms with Gasteiger partial charge in [-0.2, -0.15) is 9.97 Å². The summed E-state index contributed by atoms with van der Waals surface area (Å²) in [6.07, 6.45) is -5.74. The second-order valence-electron chi connectivity index (χ2n) is 13.6. The zero-order valence-corrected chi connectivity index (χ0v) is 32.0. The highest BCUT2D eigenvalue weighted by molar-refractivity contribution is 7.47. The third-order valence-corrected chi connectivity index (χ3v) is 11.7. The van der Waals surface area contributed by atoms with Gasteiger partial charge in [-0.05, 0) is 6.07 Å². The number of rotatable bonds is 14. The maximum Gasteiger partial charge on any atom is 0.472 e. The first-order valence-electron chi connectivity index (χ1n) is 17.6. The molecule has 0 radical (unpaired) electrons. The number of nitrogens with zero attached hydrogens (tertiary/aromatic N) is 9. The van der Waals surface area contributed by atoms with Crippen LogP contribution in [0.15, 0.2) is 40.8 Å². The summed E-state index contributed by atoms with van der Waals surface area (Å²) >= 11 is 0. The number of hydrogen-bond acceptors (Lipinski definition) is 22. The minimum absolute atomic E-state index is 0.0147. The Morgan fingerprint density at radius 2 is 1.37 bits per heavy atom. The Labute approximate surface area is 329 Å². The number of aliphatic hydroxyl groups is 2. The lowest BCUT2D eigenvalue weighted by Crippen LogP contribution is -2.31. The molecule has 11 N–H and O–H groups in total. The van der Waals surface area contributed by atoms with Crippen molar-refractivity contribution in [1.29, 1.82) is 0 Å². The normalized spacial score (nSPS) is 29.3. The molecule has 0 saturated carbocycles. The Morgan fingerprint density at radius 3 is 2.07 bits per heavy atom. The first-order valence-corrected chi connectivity index (χ1v) is 20.6. The van der Waals surface area contributed by atoms with Crippen LogP contribution in [0.3, 0.4) is 0 Å². The third-order valence-electron chi connectivity index (χ3n) is 9.71. The van der Waals surface area contributed by atoms with E-state index in [4.69, 9.17) is 49.5 Å². The number of aromatic amines is 1. The monoisotopic (exact) mass is 869 g/mol. The molecule has 28 nitrogen and oxygen atoms in total. The molecule has 3 fully saturated rings. The van der Waals surface area contributed by atoms with Crippen LogP contribution in [0, 0.1) is 0 Å². The largest absolute Gasteiger partial charge is 0.472 e. The van der Waals surface area contributed by atoms with E-state index >= 15 is 0 Å². The molecule has 11 atom stereocenters. The first kappa shape index (κ1) is 41.0. The summed E-state index contributed by atoms with van der Waals surface area (Å²) in [5.74, 6) is -0.146. The Kier molecular flexibility index (Phi) is 11.1. The number of phosphoric acid groups is 2. The molecule has 8 rings (SSSR count). The number of ether oxygens (including phenoxy) is 3. The van der Waals surface area contributed by atoms with Crippen molar-refractivity contribution in [3.63, 3.8) is 0 Å². The number of nitrogens with one attached hydrogen (secondary N) is 1. The molecular formula is C29H37N13O15P2. The Balaban J connectivity index is 0.954. The summed E-state index contributed by atoms with van der Waals surface area (Å²) in [5, 5.41) is 20.7. The number of nitrogen functional groups attached to an aromatic ring is 3. The lowest BCUT2D eigenvalue weighted by molar-refractivity contribution is -0.0604. The van der Waals surface area contributed by atoms with Crippen LogP contribution in [0.1, 0.15) is 37.9 Å². The molecule has 8 heterocycles.